The fraction of sp³-hybridized carbons (Fsp3) is 0.0714. The van der Waals surface area contributed by atoms with Crippen LogP contribution in [0.4, 0.5) is 17.2 Å². The number of nitrogens with zero attached hydrogens (tertiary/aromatic N) is 3. The molecule has 1 aromatic carbocycles. The topological polar surface area (TPSA) is 103 Å². The highest BCUT2D eigenvalue weighted by molar-refractivity contribution is 5.96. The van der Waals surface area contributed by atoms with Crippen LogP contribution in [0.15, 0.2) is 36.5 Å². The van der Waals surface area contributed by atoms with Gasteiger partial charge in [-0.15, -0.1) is 0 Å². The molecule has 6 heteroatoms. The molecule has 1 aromatic heterocycles. The third kappa shape index (κ3) is 2.37. The van der Waals surface area contributed by atoms with Crippen LogP contribution >= 0.6 is 0 Å². The summed E-state index contributed by atoms with van der Waals surface area (Å²) in [7, 11) is 1.71. The number of anilines is 3. The first-order valence-corrected chi connectivity index (χ1v) is 5.76. The van der Waals surface area contributed by atoms with Crippen molar-refractivity contribution in [3.63, 3.8) is 0 Å². The van der Waals surface area contributed by atoms with Crippen LogP contribution in [0, 0.1) is 11.3 Å². The highest BCUT2D eigenvalue weighted by Crippen LogP contribution is 2.29. The lowest BCUT2D eigenvalue weighted by Gasteiger charge is -2.20. The molecule has 1 heterocycles. The molecule has 0 saturated carbocycles. The number of rotatable bonds is 3. The van der Waals surface area contributed by atoms with Crippen LogP contribution in [0.2, 0.25) is 0 Å². The average Bonchev–Trinajstić information content (AvgIpc) is 2.46. The number of benzene rings is 1. The van der Waals surface area contributed by atoms with Crippen LogP contribution < -0.4 is 10.6 Å². The summed E-state index contributed by atoms with van der Waals surface area (Å²) in [4.78, 5) is 16.8. The van der Waals surface area contributed by atoms with Gasteiger partial charge >= 0.3 is 5.97 Å². The van der Waals surface area contributed by atoms with Gasteiger partial charge in [0.1, 0.15) is 0 Å². The Morgan fingerprint density at radius 1 is 1.45 bits per heavy atom. The normalized spacial score (nSPS) is 9.80. The fourth-order valence-electron chi connectivity index (χ4n) is 1.82. The lowest BCUT2D eigenvalue weighted by atomic mass is 10.2. The Morgan fingerprint density at radius 2 is 2.20 bits per heavy atom. The largest absolute Gasteiger partial charge is 0.478 e. The number of carboxylic acids is 1. The van der Waals surface area contributed by atoms with E-state index < -0.39 is 5.97 Å². The number of nitrogens with two attached hydrogens (primary N) is 1. The molecule has 20 heavy (non-hydrogen) atoms. The van der Waals surface area contributed by atoms with Crippen LogP contribution in [0.5, 0.6) is 0 Å². The van der Waals surface area contributed by atoms with E-state index in [1.807, 2.05) is 6.07 Å². The number of pyridine rings is 1. The molecule has 0 bridgehead atoms. The summed E-state index contributed by atoms with van der Waals surface area (Å²) >= 11 is 0. The summed E-state index contributed by atoms with van der Waals surface area (Å²) in [5, 5.41) is 18.0. The van der Waals surface area contributed by atoms with Gasteiger partial charge in [0, 0.05) is 18.9 Å². The summed E-state index contributed by atoms with van der Waals surface area (Å²) in [6.07, 6.45) is 1.39. The first-order chi connectivity index (χ1) is 9.54. The summed E-state index contributed by atoms with van der Waals surface area (Å²) < 4.78 is 0. The maximum atomic E-state index is 11.1. The van der Waals surface area contributed by atoms with E-state index in [0.29, 0.717) is 17.1 Å². The van der Waals surface area contributed by atoms with Gasteiger partial charge in [0.05, 0.1) is 22.9 Å². The number of aromatic carboxylic acids is 1. The van der Waals surface area contributed by atoms with Crippen molar-refractivity contribution in [3.8, 4) is 6.07 Å². The van der Waals surface area contributed by atoms with Gasteiger partial charge in [-0.3, -0.25) is 0 Å². The van der Waals surface area contributed by atoms with E-state index in [-0.39, 0.29) is 11.3 Å². The second kappa shape index (κ2) is 5.28. The van der Waals surface area contributed by atoms with Crippen molar-refractivity contribution < 1.29 is 9.90 Å². The van der Waals surface area contributed by atoms with Gasteiger partial charge in [-0.05, 0) is 24.3 Å². The quantitative estimate of drug-likeness (QED) is 0.882. The third-order valence-corrected chi connectivity index (χ3v) is 2.88. The van der Waals surface area contributed by atoms with Gasteiger partial charge in [0.15, 0.2) is 5.82 Å². The lowest BCUT2D eigenvalue weighted by Crippen LogP contribution is -2.15. The molecule has 6 nitrogen and oxygen atoms in total. The second-order valence-corrected chi connectivity index (χ2v) is 4.12. The Balaban J connectivity index is 2.48. The molecule has 0 fully saturated rings. The van der Waals surface area contributed by atoms with E-state index in [9.17, 15) is 4.79 Å². The van der Waals surface area contributed by atoms with Gasteiger partial charge in [-0.1, -0.05) is 6.07 Å². The molecule has 0 aliphatic heterocycles. The summed E-state index contributed by atoms with van der Waals surface area (Å²) in [5.41, 5.74) is 7.13. The van der Waals surface area contributed by atoms with E-state index in [1.165, 1.54) is 12.3 Å². The molecule has 2 rings (SSSR count). The minimum atomic E-state index is -1.11. The lowest BCUT2D eigenvalue weighted by molar-refractivity contribution is 0.0698. The molecule has 0 aliphatic rings. The molecule has 0 amide bonds. The SMILES string of the molecule is CN(c1cccc(C#N)c1)c1nccc(C(=O)O)c1N. The minimum absolute atomic E-state index is 0.00159. The Labute approximate surface area is 115 Å². The zero-order valence-corrected chi connectivity index (χ0v) is 10.7. The Morgan fingerprint density at radius 3 is 2.85 bits per heavy atom. The van der Waals surface area contributed by atoms with E-state index in [2.05, 4.69) is 4.98 Å². The molecular weight excluding hydrogens is 256 g/mol. The smallest absolute Gasteiger partial charge is 0.337 e. The summed E-state index contributed by atoms with van der Waals surface area (Å²) in [5.74, 6) is -0.773. The van der Waals surface area contributed by atoms with Crippen molar-refractivity contribution in [2.45, 2.75) is 0 Å². The molecular formula is C14H12N4O2. The second-order valence-electron chi connectivity index (χ2n) is 4.12. The van der Waals surface area contributed by atoms with Crippen LogP contribution in [0.1, 0.15) is 15.9 Å². The number of carbonyl (C=O) groups is 1. The molecule has 0 radical (unpaired) electrons. The standard InChI is InChI=1S/C14H12N4O2/c1-18(10-4-2-3-9(7-10)8-15)13-12(16)11(14(19)20)5-6-17-13/h2-7H,16H2,1H3,(H,19,20). The first-order valence-electron chi connectivity index (χ1n) is 5.76. The van der Waals surface area contributed by atoms with E-state index in [1.54, 1.807) is 36.2 Å². The number of carboxylic acid groups (broad SMARTS) is 1. The Bertz CT molecular complexity index is 707. The molecule has 0 saturated heterocycles. The number of aromatic nitrogens is 1. The van der Waals surface area contributed by atoms with Crippen LogP contribution in [-0.2, 0) is 0 Å². The molecule has 2 aromatic rings. The summed E-state index contributed by atoms with van der Waals surface area (Å²) in [6.45, 7) is 0. The van der Waals surface area contributed by atoms with E-state index >= 15 is 0 Å². The zero-order valence-electron chi connectivity index (χ0n) is 10.7. The predicted molar refractivity (Wildman–Crippen MR) is 74.8 cm³/mol. The molecule has 0 aliphatic carbocycles. The number of nitrogen functional groups attached to an aromatic ring is 1. The van der Waals surface area contributed by atoms with Crippen LogP contribution in [0.25, 0.3) is 0 Å². The maximum absolute atomic E-state index is 11.1. The van der Waals surface area contributed by atoms with Gasteiger partial charge in [0.2, 0.25) is 0 Å². The van der Waals surface area contributed by atoms with Crippen molar-refractivity contribution in [2.24, 2.45) is 0 Å². The predicted octanol–water partition coefficient (Wildman–Crippen LogP) is 2.00. The number of hydrogen-bond donors (Lipinski definition) is 2. The van der Waals surface area contributed by atoms with Crippen molar-refractivity contribution in [1.29, 1.82) is 5.26 Å². The molecule has 0 atom stereocenters. The van der Waals surface area contributed by atoms with Crippen molar-refractivity contribution in [3.05, 3.63) is 47.7 Å². The summed E-state index contributed by atoms with van der Waals surface area (Å²) in [6, 6.07) is 10.3. The van der Waals surface area contributed by atoms with Gasteiger partial charge in [-0.2, -0.15) is 5.26 Å². The number of hydrogen-bond acceptors (Lipinski definition) is 5. The molecule has 0 spiro atoms. The minimum Gasteiger partial charge on any atom is -0.478 e. The van der Waals surface area contributed by atoms with Crippen molar-refractivity contribution in [2.75, 3.05) is 17.7 Å². The van der Waals surface area contributed by atoms with Gasteiger partial charge in [0.25, 0.3) is 0 Å². The van der Waals surface area contributed by atoms with Gasteiger partial charge < -0.3 is 15.7 Å². The highest BCUT2D eigenvalue weighted by atomic mass is 16.4. The molecule has 100 valence electrons. The van der Waals surface area contributed by atoms with Crippen molar-refractivity contribution in [1.82, 2.24) is 4.98 Å². The van der Waals surface area contributed by atoms with E-state index in [0.717, 1.165) is 0 Å². The average molecular weight is 268 g/mol. The van der Waals surface area contributed by atoms with E-state index in [4.69, 9.17) is 16.1 Å². The number of nitriles is 1. The van der Waals surface area contributed by atoms with Crippen LogP contribution in [-0.4, -0.2) is 23.1 Å². The maximum Gasteiger partial charge on any atom is 0.337 e. The zero-order chi connectivity index (χ0) is 14.7. The third-order valence-electron chi connectivity index (χ3n) is 2.88. The highest BCUT2D eigenvalue weighted by Gasteiger charge is 2.16. The molecule has 0 unspecified atom stereocenters. The molecule has 3 N–H and O–H groups in total. The van der Waals surface area contributed by atoms with Gasteiger partial charge in [-0.25, -0.2) is 9.78 Å². The Kier molecular flexibility index (Phi) is 3.53. The van der Waals surface area contributed by atoms with Crippen molar-refractivity contribution >= 4 is 23.2 Å². The Hall–Kier alpha value is -3.07. The van der Waals surface area contributed by atoms with Crippen LogP contribution in [0.3, 0.4) is 0 Å². The monoisotopic (exact) mass is 268 g/mol. The fourth-order valence-corrected chi connectivity index (χ4v) is 1.82. The first kappa shape index (κ1) is 13.4.